The fourth-order valence-electron chi connectivity index (χ4n) is 0. The van der Waals surface area contributed by atoms with Crippen LogP contribution in [0.2, 0.25) is 0 Å². The molecule has 2 radical (unpaired) electrons. The van der Waals surface area contributed by atoms with E-state index in [2.05, 4.69) is 20.9 Å². The molecule has 0 atom stereocenters. The van der Waals surface area contributed by atoms with Gasteiger partial charge in [-0.05, 0) is 0 Å². The quantitative estimate of drug-likeness (QED) is 0.544. The summed E-state index contributed by atoms with van der Waals surface area (Å²) in [5, 5.41) is 0. The van der Waals surface area contributed by atoms with Gasteiger partial charge < -0.3 is 11.0 Å². The SMILES string of the molecule is [Mg+2].[OH-].[OH-].[S]=[GeH].[S]=[GeH]. The third-order valence-electron chi connectivity index (χ3n) is 0. The van der Waals surface area contributed by atoms with Gasteiger partial charge in [0, 0.05) is 0 Å². The molecule has 38 valence electrons. The summed E-state index contributed by atoms with van der Waals surface area (Å²) in [5.74, 6) is 0. The molecule has 0 heterocycles. The summed E-state index contributed by atoms with van der Waals surface area (Å²) >= 11 is 2.54. The van der Waals surface area contributed by atoms with Crippen LogP contribution in [0.15, 0.2) is 0 Å². The van der Waals surface area contributed by atoms with Crippen LogP contribution in [-0.4, -0.2) is 63.7 Å². The Hall–Kier alpha value is 2.21. The van der Waals surface area contributed by atoms with Crippen LogP contribution < -0.4 is 0 Å². The van der Waals surface area contributed by atoms with Crippen LogP contribution in [0.3, 0.4) is 0 Å². The van der Waals surface area contributed by atoms with E-state index in [0.717, 1.165) is 0 Å². The van der Waals surface area contributed by atoms with E-state index in [-0.39, 0.29) is 34.0 Å². The average molecular weight is 270 g/mol. The van der Waals surface area contributed by atoms with Crippen LogP contribution in [-0.2, 0) is 0 Å². The molecule has 0 unspecified atom stereocenters. The maximum atomic E-state index is 4.15. The van der Waals surface area contributed by atoms with Crippen molar-refractivity contribution in [1.82, 2.24) is 0 Å². The van der Waals surface area contributed by atoms with E-state index in [1.807, 2.05) is 0 Å². The summed E-state index contributed by atoms with van der Waals surface area (Å²) in [6.45, 7) is 0. The van der Waals surface area contributed by atoms with Crippen molar-refractivity contribution in [3.63, 3.8) is 0 Å². The minimum absolute atomic E-state index is 0. The molecule has 0 amide bonds. The van der Waals surface area contributed by atoms with Crippen molar-refractivity contribution in [2.24, 2.45) is 0 Å². The van der Waals surface area contributed by atoms with Crippen molar-refractivity contribution in [3.05, 3.63) is 0 Å². The molecular formula is H4Ge2MgO2S2. The van der Waals surface area contributed by atoms with E-state index in [9.17, 15) is 0 Å². The van der Waals surface area contributed by atoms with Gasteiger partial charge in [0.1, 0.15) is 0 Å². The summed E-state index contributed by atoms with van der Waals surface area (Å²) in [6, 6.07) is 0. The molecule has 0 spiro atoms. The first-order chi connectivity index (χ1) is 2.00. The number of hydrogen-bond donors (Lipinski definition) is 0. The molecule has 7 heavy (non-hydrogen) atoms. The van der Waals surface area contributed by atoms with Crippen LogP contribution in [0, 0.1) is 0 Å². The van der Waals surface area contributed by atoms with Crippen molar-refractivity contribution >= 4 is 73.7 Å². The molecule has 0 aliphatic heterocycles. The molecular weight excluding hydrogens is 266 g/mol. The van der Waals surface area contributed by atoms with Crippen molar-refractivity contribution in [2.75, 3.05) is 0 Å². The normalized spacial score (nSPS) is 1.14. The molecule has 2 N–H and O–H groups in total. The Bertz CT molecular complexity index is 15.7. The first kappa shape index (κ1) is 35.0. The van der Waals surface area contributed by atoms with Crippen molar-refractivity contribution in [3.8, 4) is 0 Å². The Morgan fingerprint density at radius 3 is 0.714 bits per heavy atom. The Balaban J connectivity index is -0.00000000267. The topological polar surface area (TPSA) is 60.0 Å². The first-order valence-corrected chi connectivity index (χ1v) is 7.35. The van der Waals surface area contributed by atoms with Gasteiger partial charge in [-0.1, -0.05) is 0 Å². The zero-order chi connectivity index (χ0) is 4.00. The summed E-state index contributed by atoms with van der Waals surface area (Å²) in [6.07, 6.45) is 0. The van der Waals surface area contributed by atoms with E-state index in [1.54, 1.807) is 0 Å². The Morgan fingerprint density at radius 1 is 0.714 bits per heavy atom. The average Bonchev–Trinajstić information content (AvgIpc) is 1.50. The molecule has 7 heteroatoms. The van der Waals surface area contributed by atoms with Gasteiger partial charge in [0.15, 0.2) is 0 Å². The van der Waals surface area contributed by atoms with Gasteiger partial charge in [-0.25, -0.2) is 0 Å². The van der Waals surface area contributed by atoms with Gasteiger partial charge >= 0.3 is 73.7 Å². The molecule has 0 saturated heterocycles. The van der Waals surface area contributed by atoms with Gasteiger partial charge in [-0.15, -0.1) is 0 Å². The van der Waals surface area contributed by atoms with Gasteiger partial charge in [0.25, 0.3) is 0 Å². The molecule has 2 nitrogen and oxygen atoms in total. The third-order valence-corrected chi connectivity index (χ3v) is 0. The van der Waals surface area contributed by atoms with E-state index in [0.29, 0.717) is 0 Å². The van der Waals surface area contributed by atoms with Crippen molar-refractivity contribution in [2.45, 2.75) is 0 Å². The summed E-state index contributed by atoms with van der Waals surface area (Å²) in [4.78, 5) is 0. The Morgan fingerprint density at radius 2 is 0.714 bits per heavy atom. The fraction of sp³-hybridized carbons (Fsp3) is 0. The molecule has 0 aliphatic rings. The second kappa shape index (κ2) is 87.3. The molecule has 0 fully saturated rings. The maximum absolute atomic E-state index is 4.15. The van der Waals surface area contributed by atoms with E-state index < -0.39 is 0 Å². The Labute approximate surface area is 83.6 Å². The zero-order valence-electron chi connectivity index (χ0n) is 3.57. The second-order valence-electron chi connectivity index (χ2n) is 0. The molecule has 0 aliphatic carbocycles. The predicted octanol–water partition coefficient (Wildman–Crippen LogP) is -0.735. The molecule has 0 aromatic rings. The van der Waals surface area contributed by atoms with E-state index in [4.69, 9.17) is 0 Å². The molecule has 0 saturated carbocycles. The minimum atomic E-state index is 0. The summed E-state index contributed by atoms with van der Waals surface area (Å²) in [7, 11) is 8.29. The monoisotopic (exact) mass is 272 g/mol. The molecule has 0 bridgehead atoms. The number of hydrogen-bond acceptors (Lipinski definition) is 4. The zero-order valence-corrected chi connectivity index (χ0v) is 11.5. The molecule has 0 aromatic carbocycles. The van der Waals surface area contributed by atoms with Gasteiger partial charge in [0.2, 0.25) is 0 Å². The Kier molecular flexibility index (Phi) is 437. The van der Waals surface area contributed by atoms with Crippen LogP contribution in [0.1, 0.15) is 0 Å². The second-order valence-corrected chi connectivity index (χ2v) is 0. The van der Waals surface area contributed by atoms with Gasteiger partial charge in [0.05, 0.1) is 0 Å². The van der Waals surface area contributed by atoms with Gasteiger partial charge in [-0.3, -0.25) is 0 Å². The van der Waals surface area contributed by atoms with Crippen LogP contribution in [0.25, 0.3) is 0 Å². The molecule has 0 rings (SSSR count). The number of rotatable bonds is 0. The van der Waals surface area contributed by atoms with Crippen LogP contribution in [0.4, 0.5) is 0 Å². The van der Waals surface area contributed by atoms with Gasteiger partial charge in [-0.2, -0.15) is 0 Å². The third kappa shape index (κ3) is 64.8. The molecule has 0 aromatic heterocycles. The fourth-order valence-corrected chi connectivity index (χ4v) is 0. The predicted molar refractivity (Wildman–Crippen MR) is 39.1 cm³/mol. The van der Waals surface area contributed by atoms with Crippen LogP contribution in [0.5, 0.6) is 0 Å². The first-order valence-electron chi connectivity index (χ1n) is 0.471. The standard InChI is InChI=1S/2GeHS.Mg.2H2O/c2*1-2;;;/h2*1H;;2*1H2/q;;+2;;/p-2. The van der Waals surface area contributed by atoms with Crippen LogP contribution >= 0.6 is 20.9 Å². The van der Waals surface area contributed by atoms with Crippen molar-refractivity contribution < 1.29 is 11.0 Å². The summed E-state index contributed by atoms with van der Waals surface area (Å²) in [5.41, 5.74) is 0. The van der Waals surface area contributed by atoms with E-state index in [1.165, 1.54) is 29.7 Å². The van der Waals surface area contributed by atoms with Crippen molar-refractivity contribution in [1.29, 1.82) is 0 Å². The summed E-state index contributed by atoms with van der Waals surface area (Å²) < 4.78 is 0. The van der Waals surface area contributed by atoms with E-state index >= 15 is 0 Å².